The summed E-state index contributed by atoms with van der Waals surface area (Å²) in [4.78, 5) is 0. The highest BCUT2D eigenvalue weighted by Gasteiger charge is 2.47. The van der Waals surface area contributed by atoms with Crippen molar-refractivity contribution < 1.29 is 114 Å². The number of alkyl halides is 24. The highest BCUT2D eigenvalue weighted by molar-refractivity contribution is 7.97. The topological polar surface area (TPSA) is 26.3 Å². The zero-order chi connectivity index (χ0) is 54.8. The lowest BCUT2D eigenvalue weighted by atomic mass is 9.12. The van der Waals surface area contributed by atoms with Gasteiger partial charge in [-0.1, -0.05) is 89.1 Å². The van der Waals surface area contributed by atoms with Crippen LogP contribution in [0.15, 0.2) is 115 Å². The van der Waals surface area contributed by atoms with Gasteiger partial charge in [-0.3, -0.25) is 4.18 Å². The van der Waals surface area contributed by atoms with Gasteiger partial charge in [0.1, 0.15) is 18.7 Å². The molecule has 6 rings (SSSR count). The van der Waals surface area contributed by atoms with Gasteiger partial charge in [-0.2, -0.15) is 127 Å². The second kappa shape index (κ2) is 18.8. The van der Waals surface area contributed by atoms with Crippen LogP contribution in [0, 0.1) is 0 Å². The van der Waals surface area contributed by atoms with Gasteiger partial charge in [0, 0.05) is 5.39 Å². The second-order valence-electron chi connectivity index (χ2n) is 15.9. The molecule has 0 N–H and O–H groups in total. The van der Waals surface area contributed by atoms with Crippen LogP contribution in [0.2, 0.25) is 0 Å². The van der Waals surface area contributed by atoms with Gasteiger partial charge < -0.3 is 0 Å². The molecule has 6 aromatic rings. The van der Waals surface area contributed by atoms with Crippen molar-refractivity contribution >= 4 is 49.0 Å². The minimum absolute atomic E-state index is 0.683. The average molecular weight is 1080 g/mol. The van der Waals surface area contributed by atoms with Crippen LogP contribution in [0.1, 0.15) is 44.5 Å². The Labute approximate surface area is 389 Å². The maximum atomic E-state index is 14.2. The third kappa shape index (κ3) is 12.9. The van der Waals surface area contributed by atoms with E-state index in [0.29, 0.717) is 5.75 Å². The zero-order valence-electron chi connectivity index (χ0n) is 35.3. The smallest absolute Gasteiger partial charge is 0.286 e. The Balaban J connectivity index is 0.000000542. The van der Waals surface area contributed by atoms with Crippen LogP contribution in [0.25, 0.3) is 10.8 Å². The lowest BCUT2D eigenvalue weighted by Crippen LogP contribution is -2.75. The van der Waals surface area contributed by atoms with E-state index in [4.69, 9.17) is 4.18 Å². The summed E-state index contributed by atoms with van der Waals surface area (Å²) in [5, 5.41) is 2.09. The molecule has 0 heterocycles. The molecule has 0 fully saturated rings. The summed E-state index contributed by atoms with van der Waals surface area (Å²) in [6, 6.07) is 4.84. The van der Waals surface area contributed by atoms with Crippen LogP contribution in [0.4, 0.5) is 105 Å². The van der Waals surface area contributed by atoms with Crippen LogP contribution < -0.4 is 26.0 Å². The first-order valence-electron chi connectivity index (χ1n) is 19.3. The molecule has 2 nitrogen and oxygen atoms in total. The van der Waals surface area contributed by atoms with Gasteiger partial charge in [-0.05, 0) is 35.7 Å². The van der Waals surface area contributed by atoms with E-state index in [1.54, 1.807) is 12.5 Å². The molecule has 0 spiro atoms. The summed E-state index contributed by atoms with van der Waals surface area (Å²) < 4.78 is 358. The molecular formula is C44H25BF24O2S. The van der Waals surface area contributed by atoms with Crippen molar-refractivity contribution in [3.8, 4) is 5.75 Å². The molecule has 0 aliphatic heterocycles. The maximum absolute atomic E-state index is 14.2. The van der Waals surface area contributed by atoms with Crippen LogP contribution in [-0.4, -0.2) is 18.7 Å². The number of halogens is 24. The van der Waals surface area contributed by atoms with Crippen LogP contribution >= 0.6 is 0 Å². The first kappa shape index (κ1) is 56.8. The molecule has 0 aromatic heterocycles. The van der Waals surface area contributed by atoms with Crippen molar-refractivity contribution in [2.24, 2.45) is 0 Å². The van der Waals surface area contributed by atoms with E-state index in [-0.39, 0.29) is 0 Å². The van der Waals surface area contributed by atoms with E-state index in [1.165, 1.54) is 0 Å². The number of benzene rings is 6. The van der Waals surface area contributed by atoms with Gasteiger partial charge >= 0.3 is 49.4 Å². The Morgan fingerprint density at radius 3 is 0.778 bits per heavy atom. The molecule has 6 aromatic carbocycles. The van der Waals surface area contributed by atoms with E-state index in [2.05, 4.69) is 0 Å². The molecule has 0 atom stereocenters. The summed E-state index contributed by atoms with van der Waals surface area (Å²) in [5.74, 6) is 0.683. The lowest BCUT2D eigenvalue weighted by molar-refractivity contribution is -0.144. The van der Waals surface area contributed by atoms with Crippen molar-refractivity contribution in [2.45, 2.75) is 49.4 Å². The Kier molecular flexibility index (Phi) is 14.8. The fraction of sp³-hybridized carbons (Fsp3) is 0.227. The highest BCUT2D eigenvalue weighted by atomic mass is 32.3. The highest BCUT2D eigenvalue weighted by Crippen LogP contribution is 2.41. The van der Waals surface area contributed by atoms with Gasteiger partial charge in [0.25, 0.3) is 10.2 Å². The SMILES string of the molecule is C[S+](C)(=O)Oc1cccc2ccccc12.FC(F)(F)c1cc([B-](c2cc(C(F)(F)F)cc(C(F)(F)F)c2)(c2cc(C(F)(F)F)cc(C(F)(F)F)c2)c2cc(C(F)(F)F)cc(C(F)(F)F)c2)cc(C(F)(F)F)c1. The van der Waals surface area contributed by atoms with Gasteiger partial charge in [0.2, 0.25) is 0 Å². The Morgan fingerprint density at radius 1 is 0.333 bits per heavy atom. The maximum Gasteiger partial charge on any atom is 0.416 e. The number of hydrogen-bond donors (Lipinski definition) is 0. The summed E-state index contributed by atoms with van der Waals surface area (Å²) >= 11 is 0. The summed E-state index contributed by atoms with van der Waals surface area (Å²) in [6.07, 6.45) is -51.6. The second-order valence-corrected chi connectivity index (χ2v) is 18.4. The Morgan fingerprint density at radius 2 is 0.556 bits per heavy atom. The molecular weight excluding hydrogens is 1060 g/mol. The first-order valence-corrected chi connectivity index (χ1v) is 21.6. The molecule has 0 aliphatic rings. The predicted molar refractivity (Wildman–Crippen MR) is 215 cm³/mol. The van der Waals surface area contributed by atoms with E-state index >= 15 is 0 Å². The Hall–Kier alpha value is -6.09. The molecule has 0 saturated heterocycles. The number of rotatable bonds is 6. The van der Waals surface area contributed by atoms with Gasteiger partial charge in [-0.15, -0.1) is 0 Å². The monoisotopic (exact) mass is 1080 g/mol. The van der Waals surface area contributed by atoms with E-state index in [0.717, 1.165) is 10.8 Å². The van der Waals surface area contributed by atoms with Gasteiger partial charge in [0.15, 0.2) is 5.75 Å². The molecule has 0 unspecified atom stereocenters. The predicted octanol–water partition coefficient (Wildman–Crippen LogP) is 14.1. The first-order chi connectivity index (χ1) is 32.3. The zero-order valence-corrected chi connectivity index (χ0v) is 36.2. The summed E-state index contributed by atoms with van der Waals surface area (Å²) in [7, 11) is -2.22. The fourth-order valence-corrected chi connectivity index (χ4v) is 8.13. The fourth-order valence-electron chi connectivity index (χ4n) is 7.56. The molecule has 0 bridgehead atoms. The third-order valence-electron chi connectivity index (χ3n) is 10.5. The number of hydrogen-bond acceptors (Lipinski definition) is 2. The number of fused-ring (bicyclic) bond motifs is 1. The van der Waals surface area contributed by atoms with Crippen molar-refractivity contribution in [2.75, 3.05) is 12.5 Å². The average Bonchev–Trinajstić information content (AvgIpc) is 3.21. The lowest BCUT2D eigenvalue weighted by Gasteiger charge is -2.46. The standard InChI is InChI=1S/C32H12BF24.C12H13O2S/c34-25(35,36)13-1-14(26(37,38)39)6-21(5-13)33(22-7-15(27(40,41)42)2-16(8-22)28(43,44)45,23-9-17(29(46,47)48)3-18(10-23)30(49,50)51)24-11-19(31(52,53)54)4-20(12-24)32(55,56)57;1-15(2,13)14-12-9-5-7-10-6-3-4-8-11(10)12/h1-12H;3-9H,1-2H3/q-1;+1. The molecule has 0 saturated carbocycles. The van der Waals surface area contributed by atoms with Crippen molar-refractivity contribution in [1.82, 2.24) is 0 Å². The van der Waals surface area contributed by atoms with Crippen molar-refractivity contribution in [3.05, 3.63) is 160 Å². The molecule has 0 aliphatic carbocycles. The van der Waals surface area contributed by atoms with Gasteiger partial charge in [0.05, 0.1) is 44.5 Å². The van der Waals surface area contributed by atoms with Crippen LogP contribution in [0.5, 0.6) is 5.75 Å². The Bertz CT molecular complexity index is 2560. The van der Waals surface area contributed by atoms with Gasteiger partial charge in [-0.25, -0.2) is 0 Å². The van der Waals surface area contributed by atoms with E-state index in [9.17, 15) is 110 Å². The minimum Gasteiger partial charge on any atom is -0.286 e. The normalized spacial score (nSPS) is 13.8. The van der Waals surface area contributed by atoms with Crippen LogP contribution in [0.3, 0.4) is 0 Å². The van der Waals surface area contributed by atoms with Crippen molar-refractivity contribution in [1.29, 1.82) is 0 Å². The summed E-state index contributed by atoms with van der Waals surface area (Å²) in [6.45, 7) is 0. The molecule has 0 radical (unpaired) electrons. The summed E-state index contributed by atoms with van der Waals surface area (Å²) in [5.41, 5.74) is -30.2. The van der Waals surface area contributed by atoms with Crippen molar-refractivity contribution in [3.63, 3.8) is 0 Å². The van der Waals surface area contributed by atoms with Crippen LogP contribution in [-0.2, 0) is 63.8 Å². The molecule has 28 heteroatoms. The molecule has 0 amide bonds. The molecule has 390 valence electrons. The largest absolute Gasteiger partial charge is 0.416 e. The van der Waals surface area contributed by atoms with E-state index in [1.807, 2.05) is 42.5 Å². The minimum atomic E-state index is -6.13. The third-order valence-corrected chi connectivity index (χ3v) is 11.1. The quantitative estimate of drug-likeness (QED) is 0.0944. The van der Waals surface area contributed by atoms with E-state index < -0.39 is 205 Å². The molecule has 72 heavy (non-hydrogen) atoms.